The zero-order valence-corrected chi connectivity index (χ0v) is 14.5. The van der Waals surface area contributed by atoms with Crippen LogP contribution in [0.3, 0.4) is 0 Å². The molecule has 1 aliphatic heterocycles. The molecule has 0 aromatic heterocycles. The van der Waals surface area contributed by atoms with E-state index in [1.807, 2.05) is 0 Å². The zero-order valence-electron chi connectivity index (χ0n) is 14.5. The summed E-state index contributed by atoms with van der Waals surface area (Å²) in [4.78, 5) is 13.5. The largest absolute Gasteiger partial charge is 0.480 e. The summed E-state index contributed by atoms with van der Waals surface area (Å²) in [6, 6.07) is 12.6. The van der Waals surface area contributed by atoms with E-state index in [9.17, 15) is 28.2 Å². The lowest BCUT2D eigenvalue weighted by Crippen LogP contribution is -2.46. The number of piperidine rings is 1. The molecule has 0 aliphatic carbocycles. The number of likely N-dealkylation sites (tertiary alicyclic amines) is 1. The van der Waals surface area contributed by atoms with Crippen LogP contribution >= 0.6 is 0 Å². The molecule has 1 saturated heterocycles. The summed E-state index contributed by atoms with van der Waals surface area (Å²) >= 11 is 0. The monoisotopic (exact) mass is 379 g/mol. The van der Waals surface area contributed by atoms with E-state index < -0.39 is 29.4 Å². The third-order valence-corrected chi connectivity index (χ3v) is 5.07. The average molecular weight is 379 g/mol. The topological polar surface area (TPSA) is 60.8 Å². The van der Waals surface area contributed by atoms with Crippen molar-refractivity contribution < 1.29 is 28.2 Å². The molecule has 2 N–H and O–H groups in total. The molecule has 0 spiro atoms. The molecule has 0 amide bonds. The highest BCUT2D eigenvalue weighted by Crippen LogP contribution is 2.38. The highest BCUT2D eigenvalue weighted by atomic mass is 19.4. The Balaban J connectivity index is 1.79. The van der Waals surface area contributed by atoms with Gasteiger partial charge in [-0.3, -0.25) is 9.69 Å². The van der Waals surface area contributed by atoms with E-state index in [0.717, 1.165) is 12.1 Å². The zero-order chi connectivity index (χ0) is 19.7. The molecular weight excluding hydrogens is 359 g/mol. The van der Waals surface area contributed by atoms with Crippen LogP contribution < -0.4 is 0 Å². The summed E-state index contributed by atoms with van der Waals surface area (Å²) in [5, 5.41) is 20.5. The number of aliphatic carboxylic acids is 1. The van der Waals surface area contributed by atoms with Gasteiger partial charge in [-0.15, -0.1) is 0 Å². The fraction of sp³-hybridized carbons (Fsp3) is 0.350. The van der Waals surface area contributed by atoms with Crippen molar-refractivity contribution in [1.82, 2.24) is 4.90 Å². The van der Waals surface area contributed by atoms with Crippen LogP contribution in [0.2, 0.25) is 0 Å². The number of carboxylic acids is 1. The smallest absolute Gasteiger partial charge is 0.416 e. The number of halogens is 3. The van der Waals surface area contributed by atoms with Crippen molar-refractivity contribution >= 4 is 5.97 Å². The van der Waals surface area contributed by atoms with Crippen molar-refractivity contribution in [2.24, 2.45) is 0 Å². The number of aliphatic hydroxyl groups is 1. The highest BCUT2D eigenvalue weighted by molar-refractivity contribution is 5.75. The maximum absolute atomic E-state index is 12.9. The highest BCUT2D eigenvalue weighted by Gasteiger charge is 2.39. The number of carboxylic acid groups (broad SMARTS) is 1. The van der Waals surface area contributed by atoms with Gasteiger partial charge >= 0.3 is 12.1 Å². The Bertz CT molecular complexity index is 800. The second-order valence-corrected chi connectivity index (χ2v) is 6.80. The third-order valence-electron chi connectivity index (χ3n) is 5.07. The van der Waals surface area contributed by atoms with Gasteiger partial charge in [0, 0.05) is 13.1 Å². The van der Waals surface area contributed by atoms with Gasteiger partial charge in [0.25, 0.3) is 0 Å². The molecule has 0 saturated carbocycles. The number of rotatable bonds is 4. The molecule has 0 radical (unpaired) electrons. The number of carbonyl (C=O) groups is 1. The number of alkyl halides is 3. The van der Waals surface area contributed by atoms with Crippen LogP contribution in [0.25, 0.3) is 0 Å². The van der Waals surface area contributed by atoms with Crippen LogP contribution in [0.5, 0.6) is 0 Å². The first-order chi connectivity index (χ1) is 12.7. The summed E-state index contributed by atoms with van der Waals surface area (Å²) < 4.78 is 38.8. The van der Waals surface area contributed by atoms with Crippen molar-refractivity contribution in [2.45, 2.75) is 30.7 Å². The fourth-order valence-corrected chi connectivity index (χ4v) is 3.57. The molecular formula is C20H20F3NO3. The van der Waals surface area contributed by atoms with Crippen molar-refractivity contribution in [3.05, 3.63) is 71.3 Å². The first kappa shape index (κ1) is 19.4. The molecule has 4 nitrogen and oxygen atoms in total. The molecule has 144 valence electrons. The molecule has 0 bridgehead atoms. The molecule has 1 heterocycles. The molecule has 27 heavy (non-hydrogen) atoms. The van der Waals surface area contributed by atoms with Crippen LogP contribution in [0.15, 0.2) is 54.6 Å². The first-order valence-electron chi connectivity index (χ1n) is 8.63. The number of nitrogens with zero attached hydrogens (tertiary/aromatic N) is 1. The van der Waals surface area contributed by atoms with Gasteiger partial charge in [-0.25, -0.2) is 0 Å². The van der Waals surface area contributed by atoms with E-state index in [1.165, 1.54) is 12.1 Å². The molecule has 2 aromatic rings. The standard InChI is InChI=1S/C20H20F3NO3/c21-20(22,23)16-8-4-7-15(13-16)19(27)9-11-24(12-10-19)17(18(25)26)14-5-2-1-3-6-14/h1-8,13,17,27H,9-12H2,(H,25,26)/t17-/m1/s1. The van der Waals surface area contributed by atoms with Crippen molar-refractivity contribution in [3.8, 4) is 0 Å². The van der Waals surface area contributed by atoms with E-state index >= 15 is 0 Å². The second kappa shape index (κ2) is 7.32. The van der Waals surface area contributed by atoms with Crippen LogP contribution in [-0.4, -0.2) is 34.2 Å². The Morgan fingerprint density at radius 2 is 1.67 bits per heavy atom. The van der Waals surface area contributed by atoms with Gasteiger partial charge in [-0.2, -0.15) is 13.2 Å². The van der Waals surface area contributed by atoms with Crippen LogP contribution in [0.1, 0.15) is 35.6 Å². The molecule has 1 aliphatic rings. The van der Waals surface area contributed by atoms with Crippen LogP contribution in [0.4, 0.5) is 13.2 Å². The Labute approximate surface area is 154 Å². The molecule has 1 fully saturated rings. The summed E-state index contributed by atoms with van der Waals surface area (Å²) in [6.07, 6.45) is -4.16. The minimum absolute atomic E-state index is 0.158. The summed E-state index contributed by atoms with van der Waals surface area (Å²) in [5.41, 5.74) is -1.36. The Morgan fingerprint density at radius 3 is 2.22 bits per heavy atom. The molecule has 1 atom stereocenters. The van der Waals surface area contributed by atoms with Crippen molar-refractivity contribution in [2.75, 3.05) is 13.1 Å². The summed E-state index contributed by atoms with van der Waals surface area (Å²) in [6.45, 7) is 0.525. The molecule has 7 heteroatoms. The normalized spacial score (nSPS) is 18.8. The van der Waals surface area contributed by atoms with Gasteiger partial charge in [-0.1, -0.05) is 42.5 Å². The SMILES string of the molecule is O=C(O)[C@@H](c1ccccc1)N1CCC(O)(c2cccc(C(F)(F)F)c2)CC1. The van der Waals surface area contributed by atoms with E-state index in [1.54, 1.807) is 35.2 Å². The van der Waals surface area contributed by atoms with E-state index in [0.29, 0.717) is 5.56 Å². The molecule has 2 aromatic carbocycles. The Morgan fingerprint density at radius 1 is 1.04 bits per heavy atom. The van der Waals surface area contributed by atoms with Gasteiger partial charge < -0.3 is 10.2 Å². The van der Waals surface area contributed by atoms with E-state index in [-0.39, 0.29) is 31.5 Å². The molecule has 3 rings (SSSR count). The van der Waals surface area contributed by atoms with E-state index in [4.69, 9.17) is 0 Å². The lowest BCUT2D eigenvalue weighted by molar-refractivity contribution is -0.146. The van der Waals surface area contributed by atoms with Crippen molar-refractivity contribution in [1.29, 1.82) is 0 Å². The average Bonchev–Trinajstić information content (AvgIpc) is 2.64. The summed E-state index contributed by atoms with van der Waals surface area (Å²) in [7, 11) is 0. The van der Waals surface area contributed by atoms with Crippen molar-refractivity contribution in [3.63, 3.8) is 0 Å². The third kappa shape index (κ3) is 4.14. The maximum atomic E-state index is 12.9. The van der Waals surface area contributed by atoms with Gasteiger partial charge in [0.1, 0.15) is 6.04 Å². The predicted molar refractivity (Wildman–Crippen MR) is 93.0 cm³/mol. The number of hydrogen-bond donors (Lipinski definition) is 2. The lowest BCUT2D eigenvalue weighted by Gasteiger charge is -2.41. The van der Waals surface area contributed by atoms with Gasteiger partial charge in [-0.05, 0) is 36.1 Å². The quantitative estimate of drug-likeness (QED) is 0.848. The summed E-state index contributed by atoms with van der Waals surface area (Å²) in [5.74, 6) is -0.995. The van der Waals surface area contributed by atoms with Gasteiger partial charge in [0.15, 0.2) is 0 Å². The fourth-order valence-electron chi connectivity index (χ4n) is 3.57. The number of benzene rings is 2. The van der Waals surface area contributed by atoms with Gasteiger partial charge in [0.2, 0.25) is 0 Å². The van der Waals surface area contributed by atoms with Gasteiger partial charge in [0.05, 0.1) is 11.2 Å². The minimum Gasteiger partial charge on any atom is -0.480 e. The molecule has 0 unspecified atom stereocenters. The lowest BCUT2D eigenvalue weighted by atomic mass is 9.83. The van der Waals surface area contributed by atoms with Crippen LogP contribution in [-0.2, 0) is 16.6 Å². The van der Waals surface area contributed by atoms with Crippen LogP contribution in [0, 0.1) is 0 Å². The first-order valence-corrected chi connectivity index (χ1v) is 8.63. The Hall–Kier alpha value is -2.38. The van der Waals surface area contributed by atoms with E-state index in [2.05, 4.69) is 0 Å². The Kier molecular flexibility index (Phi) is 5.26. The second-order valence-electron chi connectivity index (χ2n) is 6.80. The number of hydrogen-bond acceptors (Lipinski definition) is 3. The predicted octanol–water partition coefficient (Wildman–Crippen LogP) is 3.81. The maximum Gasteiger partial charge on any atom is 0.416 e. The minimum atomic E-state index is -4.48.